The van der Waals surface area contributed by atoms with Crippen molar-refractivity contribution in [2.75, 3.05) is 13.1 Å². The quantitative estimate of drug-likeness (QED) is 0.698. The molecule has 0 N–H and O–H groups in total. The standard InChI is InChI=1S/C15H25NO/c1-3-12(2)11-16-10-6-8-14(16)13-7-4-5-9-15(13)17/h13-14H,2-11H2,1H3. The van der Waals surface area contributed by atoms with Crippen molar-refractivity contribution in [1.82, 2.24) is 4.90 Å². The molecule has 0 spiro atoms. The molecule has 0 aromatic rings. The Bertz CT molecular complexity index is 297. The summed E-state index contributed by atoms with van der Waals surface area (Å²) in [6.07, 6.45) is 7.84. The summed E-state index contributed by atoms with van der Waals surface area (Å²) in [6.45, 7) is 8.44. The van der Waals surface area contributed by atoms with Crippen LogP contribution in [0.15, 0.2) is 12.2 Å². The highest BCUT2D eigenvalue weighted by molar-refractivity contribution is 5.82. The van der Waals surface area contributed by atoms with Gasteiger partial charge in [0.1, 0.15) is 5.78 Å². The fraction of sp³-hybridized carbons (Fsp3) is 0.800. The third-order valence-corrected chi connectivity index (χ3v) is 4.41. The summed E-state index contributed by atoms with van der Waals surface area (Å²) in [4.78, 5) is 14.5. The van der Waals surface area contributed by atoms with E-state index in [1.54, 1.807) is 0 Å². The van der Waals surface area contributed by atoms with Crippen LogP contribution in [0, 0.1) is 5.92 Å². The van der Waals surface area contributed by atoms with E-state index in [2.05, 4.69) is 18.4 Å². The Morgan fingerprint density at radius 3 is 2.88 bits per heavy atom. The summed E-state index contributed by atoms with van der Waals surface area (Å²) < 4.78 is 0. The number of hydrogen-bond acceptors (Lipinski definition) is 2. The number of Topliss-reactive ketones (excluding diaryl/α,β-unsaturated/α-hetero) is 1. The number of carbonyl (C=O) groups is 1. The lowest BCUT2D eigenvalue weighted by Gasteiger charge is -2.33. The van der Waals surface area contributed by atoms with Gasteiger partial charge in [0.25, 0.3) is 0 Å². The van der Waals surface area contributed by atoms with Crippen LogP contribution in [0.5, 0.6) is 0 Å². The molecule has 1 saturated carbocycles. The van der Waals surface area contributed by atoms with Crippen LogP contribution in [0.4, 0.5) is 0 Å². The zero-order valence-electron chi connectivity index (χ0n) is 11.1. The van der Waals surface area contributed by atoms with E-state index >= 15 is 0 Å². The Kier molecular flexibility index (Phi) is 4.38. The fourth-order valence-corrected chi connectivity index (χ4v) is 3.32. The molecule has 0 aromatic heterocycles. The van der Waals surface area contributed by atoms with Crippen molar-refractivity contribution in [3.05, 3.63) is 12.2 Å². The summed E-state index contributed by atoms with van der Waals surface area (Å²) in [5.74, 6) is 0.853. The highest BCUT2D eigenvalue weighted by Crippen LogP contribution is 2.32. The van der Waals surface area contributed by atoms with Crippen LogP contribution in [0.3, 0.4) is 0 Å². The molecule has 2 heteroatoms. The van der Waals surface area contributed by atoms with Gasteiger partial charge in [-0.25, -0.2) is 0 Å². The van der Waals surface area contributed by atoms with Gasteiger partial charge in [-0.1, -0.05) is 25.5 Å². The predicted octanol–water partition coefficient (Wildman–Crippen LogP) is 3.18. The first-order valence-electron chi connectivity index (χ1n) is 7.15. The van der Waals surface area contributed by atoms with E-state index in [9.17, 15) is 4.79 Å². The van der Waals surface area contributed by atoms with Gasteiger partial charge in [-0.3, -0.25) is 9.69 Å². The van der Waals surface area contributed by atoms with E-state index in [-0.39, 0.29) is 0 Å². The lowest BCUT2D eigenvalue weighted by Crippen LogP contribution is -2.41. The van der Waals surface area contributed by atoms with E-state index < -0.39 is 0 Å². The molecule has 0 amide bonds. The monoisotopic (exact) mass is 235 g/mol. The van der Waals surface area contributed by atoms with Gasteiger partial charge in [0.15, 0.2) is 0 Å². The molecular weight excluding hydrogens is 210 g/mol. The van der Waals surface area contributed by atoms with Crippen molar-refractivity contribution in [3.8, 4) is 0 Å². The first kappa shape index (κ1) is 12.8. The Morgan fingerprint density at radius 1 is 1.35 bits per heavy atom. The lowest BCUT2D eigenvalue weighted by atomic mass is 9.81. The number of ketones is 1. The smallest absolute Gasteiger partial charge is 0.137 e. The highest BCUT2D eigenvalue weighted by atomic mass is 16.1. The van der Waals surface area contributed by atoms with Crippen LogP contribution in [0.1, 0.15) is 51.9 Å². The molecule has 0 radical (unpaired) electrons. The topological polar surface area (TPSA) is 20.3 Å². The van der Waals surface area contributed by atoms with E-state index in [1.807, 2.05) is 0 Å². The Labute approximate surface area is 105 Å². The van der Waals surface area contributed by atoms with Crippen molar-refractivity contribution >= 4 is 5.78 Å². The molecule has 2 fully saturated rings. The van der Waals surface area contributed by atoms with Crippen molar-refractivity contribution in [3.63, 3.8) is 0 Å². The molecule has 1 aliphatic carbocycles. The first-order chi connectivity index (χ1) is 8.22. The zero-order valence-corrected chi connectivity index (χ0v) is 11.1. The van der Waals surface area contributed by atoms with Gasteiger partial charge in [-0.2, -0.15) is 0 Å². The Balaban J connectivity index is 1.98. The first-order valence-corrected chi connectivity index (χ1v) is 7.15. The van der Waals surface area contributed by atoms with Crippen LogP contribution in [0.2, 0.25) is 0 Å². The summed E-state index contributed by atoms with van der Waals surface area (Å²) in [5.41, 5.74) is 1.31. The molecule has 2 rings (SSSR count). The van der Waals surface area contributed by atoms with Crippen molar-refractivity contribution in [1.29, 1.82) is 0 Å². The van der Waals surface area contributed by atoms with E-state index in [0.717, 1.165) is 38.8 Å². The van der Waals surface area contributed by atoms with Crippen LogP contribution in [-0.2, 0) is 4.79 Å². The van der Waals surface area contributed by atoms with E-state index in [1.165, 1.54) is 24.8 Å². The van der Waals surface area contributed by atoms with Gasteiger partial charge >= 0.3 is 0 Å². The second kappa shape index (κ2) is 5.81. The van der Waals surface area contributed by atoms with Crippen LogP contribution in [-0.4, -0.2) is 29.8 Å². The minimum atomic E-state index is 0.330. The van der Waals surface area contributed by atoms with Crippen molar-refractivity contribution in [2.45, 2.75) is 57.9 Å². The molecule has 2 nitrogen and oxygen atoms in total. The normalized spacial score (nSPS) is 30.8. The second-order valence-electron chi connectivity index (χ2n) is 5.60. The molecule has 96 valence electrons. The van der Waals surface area contributed by atoms with Gasteiger partial charge in [0.2, 0.25) is 0 Å². The maximum Gasteiger partial charge on any atom is 0.137 e. The van der Waals surface area contributed by atoms with E-state index in [4.69, 9.17) is 0 Å². The van der Waals surface area contributed by atoms with Gasteiger partial charge in [-0.15, -0.1) is 0 Å². The van der Waals surface area contributed by atoms with E-state index in [0.29, 0.717) is 17.7 Å². The van der Waals surface area contributed by atoms with Crippen LogP contribution >= 0.6 is 0 Å². The minimum absolute atomic E-state index is 0.330. The molecule has 0 bridgehead atoms. The summed E-state index contributed by atoms with van der Waals surface area (Å²) in [6, 6.07) is 0.520. The molecular formula is C15H25NO. The highest BCUT2D eigenvalue weighted by Gasteiger charge is 2.36. The molecule has 2 unspecified atom stereocenters. The number of rotatable bonds is 4. The largest absolute Gasteiger partial charge is 0.299 e. The maximum absolute atomic E-state index is 12.0. The van der Waals surface area contributed by atoms with Gasteiger partial charge < -0.3 is 0 Å². The van der Waals surface area contributed by atoms with Gasteiger partial charge in [-0.05, 0) is 38.6 Å². The fourth-order valence-electron chi connectivity index (χ4n) is 3.32. The van der Waals surface area contributed by atoms with Crippen molar-refractivity contribution < 1.29 is 4.79 Å². The lowest BCUT2D eigenvalue weighted by molar-refractivity contribution is -0.126. The second-order valence-corrected chi connectivity index (χ2v) is 5.60. The SMILES string of the molecule is C=C(CC)CN1CCCC1C1CCCCC1=O. The minimum Gasteiger partial charge on any atom is -0.299 e. The van der Waals surface area contributed by atoms with Gasteiger partial charge in [0, 0.05) is 24.9 Å². The molecule has 1 heterocycles. The number of likely N-dealkylation sites (tertiary alicyclic amines) is 1. The molecule has 1 aliphatic heterocycles. The summed E-state index contributed by atoms with van der Waals surface area (Å²) in [7, 11) is 0. The third-order valence-electron chi connectivity index (χ3n) is 4.41. The number of nitrogens with zero attached hydrogens (tertiary/aromatic N) is 1. The maximum atomic E-state index is 12.0. The Hall–Kier alpha value is -0.630. The predicted molar refractivity (Wildman–Crippen MR) is 71.0 cm³/mol. The summed E-state index contributed by atoms with van der Waals surface area (Å²) in [5, 5.41) is 0. The average Bonchev–Trinajstić information content (AvgIpc) is 2.77. The van der Waals surface area contributed by atoms with Gasteiger partial charge in [0.05, 0.1) is 0 Å². The molecule has 2 aliphatic rings. The zero-order chi connectivity index (χ0) is 12.3. The number of carbonyl (C=O) groups excluding carboxylic acids is 1. The van der Waals surface area contributed by atoms with Crippen LogP contribution < -0.4 is 0 Å². The molecule has 1 saturated heterocycles. The van der Waals surface area contributed by atoms with Crippen LogP contribution in [0.25, 0.3) is 0 Å². The molecule has 2 atom stereocenters. The van der Waals surface area contributed by atoms with Crippen molar-refractivity contribution in [2.24, 2.45) is 5.92 Å². The molecule has 17 heavy (non-hydrogen) atoms. The third kappa shape index (κ3) is 2.98. The number of hydrogen-bond donors (Lipinski definition) is 0. The average molecular weight is 235 g/mol. The Morgan fingerprint density at radius 2 is 2.18 bits per heavy atom. The molecule has 0 aromatic carbocycles. The summed E-state index contributed by atoms with van der Waals surface area (Å²) >= 11 is 0.